The summed E-state index contributed by atoms with van der Waals surface area (Å²) in [6.07, 6.45) is 3.50. The van der Waals surface area contributed by atoms with Crippen LogP contribution < -0.4 is 5.73 Å². The van der Waals surface area contributed by atoms with Gasteiger partial charge in [0.1, 0.15) is 11.5 Å². The smallest absolute Gasteiger partial charge is 0.143 e. The third-order valence-corrected chi connectivity index (χ3v) is 1.49. The Labute approximate surface area is 71.9 Å². The lowest BCUT2D eigenvalue weighted by atomic mass is 10.2. The van der Waals surface area contributed by atoms with Crippen molar-refractivity contribution in [1.29, 1.82) is 5.41 Å². The fraction of sp³-hybridized carbons (Fsp3) is 0.500. The van der Waals surface area contributed by atoms with Crippen LogP contribution in [0.2, 0.25) is 0 Å². The number of aromatic nitrogens is 2. The summed E-state index contributed by atoms with van der Waals surface area (Å²) in [5, 5.41) is 7.13. The van der Waals surface area contributed by atoms with Crippen molar-refractivity contribution in [2.24, 2.45) is 11.7 Å². The summed E-state index contributed by atoms with van der Waals surface area (Å²) in [6, 6.07) is 0. The van der Waals surface area contributed by atoms with E-state index in [1.807, 2.05) is 4.57 Å². The molecule has 0 unspecified atom stereocenters. The maximum absolute atomic E-state index is 7.13. The molecule has 4 nitrogen and oxygen atoms in total. The van der Waals surface area contributed by atoms with Crippen LogP contribution in [0.1, 0.15) is 19.5 Å². The van der Waals surface area contributed by atoms with E-state index in [2.05, 4.69) is 18.8 Å². The maximum atomic E-state index is 7.13. The van der Waals surface area contributed by atoms with Gasteiger partial charge in [0.05, 0.1) is 6.33 Å². The zero-order valence-corrected chi connectivity index (χ0v) is 7.41. The molecule has 0 aliphatic heterocycles. The Balaban J connectivity index is 2.71. The molecule has 0 aliphatic carbocycles. The molecule has 0 aliphatic rings. The molecule has 0 radical (unpaired) electrons. The Morgan fingerprint density at radius 1 is 1.75 bits per heavy atom. The highest BCUT2D eigenvalue weighted by atomic mass is 15.0. The van der Waals surface area contributed by atoms with Gasteiger partial charge in [0.25, 0.3) is 0 Å². The second-order valence-electron chi connectivity index (χ2n) is 3.26. The highest BCUT2D eigenvalue weighted by molar-refractivity contribution is 5.92. The first-order valence-corrected chi connectivity index (χ1v) is 3.95. The number of nitrogens with one attached hydrogen (secondary N) is 1. The van der Waals surface area contributed by atoms with Crippen LogP contribution in [0.3, 0.4) is 0 Å². The summed E-state index contributed by atoms with van der Waals surface area (Å²) in [6.45, 7) is 5.18. The van der Waals surface area contributed by atoms with Gasteiger partial charge >= 0.3 is 0 Å². The van der Waals surface area contributed by atoms with Gasteiger partial charge in [-0.05, 0) is 5.92 Å². The Bertz CT molecular complexity index is 274. The number of imidazole rings is 1. The van der Waals surface area contributed by atoms with E-state index >= 15 is 0 Å². The molecule has 0 amide bonds. The average molecular weight is 166 g/mol. The van der Waals surface area contributed by atoms with Crippen molar-refractivity contribution in [1.82, 2.24) is 9.55 Å². The molecular weight excluding hydrogens is 152 g/mol. The summed E-state index contributed by atoms with van der Waals surface area (Å²) < 4.78 is 1.95. The van der Waals surface area contributed by atoms with Crippen LogP contribution in [-0.4, -0.2) is 15.4 Å². The Morgan fingerprint density at radius 2 is 2.42 bits per heavy atom. The minimum absolute atomic E-state index is 0.0255. The molecule has 1 rings (SSSR count). The first-order valence-electron chi connectivity index (χ1n) is 3.95. The van der Waals surface area contributed by atoms with Crippen LogP contribution in [0.25, 0.3) is 0 Å². The van der Waals surface area contributed by atoms with Gasteiger partial charge in [-0.25, -0.2) is 4.98 Å². The Hall–Kier alpha value is -1.32. The van der Waals surface area contributed by atoms with Gasteiger partial charge < -0.3 is 10.3 Å². The Morgan fingerprint density at radius 3 is 2.83 bits per heavy atom. The minimum atomic E-state index is 0.0255. The number of hydrogen-bond acceptors (Lipinski definition) is 2. The second kappa shape index (κ2) is 3.38. The van der Waals surface area contributed by atoms with Gasteiger partial charge in [0, 0.05) is 12.7 Å². The molecule has 1 aromatic heterocycles. The molecule has 0 bridgehead atoms. The summed E-state index contributed by atoms with van der Waals surface area (Å²) in [4.78, 5) is 3.98. The van der Waals surface area contributed by atoms with Crippen LogP contribution in [-0.2, 0) is 6.54 Å². The third-order valence-electron chi connectivity index (χ3n) is 1.49. The van der Waals surface area contributed by atoms with Gasteiger partial charge in [0.2, 0.25) is 0 Å². The lowest BCUT2D eigenvalue weighted by Gasteiger charge is -2.03. The molecule has 0 saturated carbocycles. The predicted molar refractivity (Wildman–Crippen MR) is 48.1 cm³/mol. The van der Waals surface area contributed by atoms with Gasteiger partial charge in [-0.1, -0.05) is 13.8 Å². The van der Waals surface area contributed by atoms with E-state index in [1.165, 1.54) is 0 Å². The highest BCUT2D eigenvalue weighted by Crippen LogP contribution is 2.00. The van der Waals surface area contributed by atoms with Crippen LogP contribution in [0.5, 0.6) is 0 Å². The van der Waals surface area contributed by atoms with Gasteiger partial charge in [-0.2, -0.15) is 0 Å². The van der Waals surface area contributed by atoms with Crippen molar-refractivity contribution in [3.8, 4) is 0 Å². The number of nitrogens with two attached hydrogens (primary N) is 1. The summed E-state index contributed by atoms with van der Waals surface area (Å²) in [5.41, 5.74) is 5.82. The van der Waals surface area contributed by atoms with Gasteiger partial charge in [0.15, 0.2) is 0 Å². The largest absolute Gasteiger partial charge is 0.382 e. The molecular formula is C8H14N4. The quantitative estimate of drug-likeness (QED) is 0.515. The monoisotopic (exact) mass is 166 g/mol. The van der Waals surface area contributed by atoms with E-state index in [-0.39, 0.29) is 5.84 Å². The van der Waals surface area contributed by atoms with Crippen LogP contribution >= 0.6 is 0 Å². The average Bonchev–Trinajstić information content (AvgIpc) is 2.34. The van der Waals surface area contributed by atoms with Crippen molar-refractivity contribution in [3.05, 3.63) is 18.2 Å². The van der Waals surface area contributed by atoms with Crippen molar-refractivity contribution in [3.63, 3.8) is 0 Å². The van der Waals surface area contributed by atoms with E-state index in [9.17, 15) is 0 Å². The number of nitrogens with zero attached hydrogens (tertiary/aromatic N) is 2. The number of rotatable bonds is 3. The standard InChI is InChI=1S/C8H14N4/c1-6(2)3-12-4-7(8(9)10)11-5-12/h4-6H,3H2,1-2H3,(H3,9,10). The van der Waals surface area contributed by atoms with Crippen molar-refractivity contribution in [2.75, 3.05) is 0 Å². The number of amidine groups is 1. The Kier molecular flexibility index (Phi) is 2.47. The minimum Gasteiger partial charge on any atom is -0.382 e. The molecule has 1 heterocycles. The molecule has 4 heteroatoms. The number of hydrogen-bond donors (Lipinski definition) is 2. The molecule has 0 aromatic carbocycles. The topological polar surface area (TPSA) is 67.7 Å². The zero-order chi connectivity index (χ0) is 9.14. The molecule has 66 valence electrons. The number of nitrogen functional groups attached to an aromatic ring is 1. The maximum Gasteiger partial charge on any atom is 0.143 e. The fourth-order valence-electron chi connectivity index (χ4n) is 1.02. The zero-order valence-electron chi connectivity index (χ0n) is 7.41. The molecule has 1 aromatic rings. The normalized spacial score (nSPS) is 10.6. The van der Waals surface area contributed by atoms with Crippen molar-refractivity contribution >= 4 is 5.84 Å². The third kappa shape index (κ3) is 2.08. The predicted octanol–water partition coefficient (Wildman–Crippen LogP) is 0.823. The molecule has 0 atom stereocenters. The van der Waals surface area contributed by atoms with Gasteiger partial charge in [-0.3, -0.25) is 5.41 Å². The van der Waals surface area contributed by atoms with Crippen LogP contribution in [0.15, 0.2) is 12.5 Å². The molecule has 0 saturated heterocycles. The summed E-state index contributed by atoms with van der Waals surface area (Å²) in [7, 11) is 0. The van der Waals surface area contributed by atoms with E-state index in [4.69, 9.17) is 11.1 Å². The second-order valence-corrected chi connectivity index (χ2v) is 3.26. The summed E-state index contributed by atoms with van der Waals surface area (Å²) in [5.74, 6) is 0.608. The van der Waals surface area contributed by atoms with Crippen LogP contribution in [0.4, 0.5) is 0 Å². The molecule has 0 spiro atoms. The molecule has 0 fully saturated rings. The first kappa shape index (κ1) is 8.77. The molecule has 3 N–H and O–H groups in total. The van der Waals surface area contributed by atoms with E-state index in [0.29, 0.717) is 11.6 Å². The van der Waals surface area contributed by atoms with Crippen molar-refractivity contribution < 1.29 is 0 Å². The van der Waals surface area contributed by atoms with E-state index in [0.717, 1.165) is 6.54 Å². The van der Waals surface area contributed by atoms with E-state index < -0.39 is 0 Å². The lowest BCUT2D eigenvalue weighted by molar-refractivity contribution is 0.523. The van der Waals surface area contributed by atoms with E-state index in [1.54, 1.807) is 12.5 Å². The highest BCUT2D eigenvalue weighted by Gasteiger charge is 2.01. The molecule has 12 heavy (non-hydrogen) atoms. The lowest BCUT2D eigenvalue weighted by Crippen LogP contribution is -2.11. The fourth-order valence-corrected chi connectivity index (χ4v) is 1.02. The first-order chi connectivity index (χ1) is 5.59. The SMILES string of the molecule is CC(C)Cn1cnc(C(=N)N)c1. The van der Waals surface area contributed by atoms with Gasteiger partial charge in [-0.15, -0.1) is 0 Å². The van der Waals surface area contributed by atoms with Crippen molar-refractivity contribution in [2.45, 2.75) is 20.4 Å². The summed E-state index contributed by atoms with van der Waals surface area (Å²) >= 11 is 0. The van der Waals surface area contributed by atoms with Crippen LogP contribution in [0, 0.1) is 11.3 Å².